The second kappa shape index (κ2) is 7.82. The van der Waals surface area contributed by atoms with E-state index in [1.165, 1.54) is 5.56 Å². The highest BCUT2D eigenvalue weighted by molar-refractivity contribution is 9.10. The molecule has 0 saturated carbocycles. The maximum atomic E-state index is 5.16. The smallest absolute Gasteiger partial charge is 0.0468 e. The van der Waals surface area contributed by atoms with E-state index in [0.29, 0.717) is 5.92 Å². The summed E-state index contributed by atoms with van der Waals surface area (Å²) < 4.78 is 6.29. The SMILES string of the molecule is CCNCC(CCOC)c1ccc(Br)cc1. The van der Waals surface area contributed by atoms with Gasteiger partial charge in [-0.15, -0.1) is 0 Å². The van der Waals surface area contributed by atoms with Crippen molar-refractivity contribution >= 4 is 15.9 Å². The lowest BCUT2D eigenvalue weighted by Gasteiger charge is -2.17. The van der Waals surface area contributed by atoms with Crippen molar-refractivity contribution < 1.29 is 4.74 Å². The Morgan fingerprint density at radius 2 is 2.00 bits per heavy atom. The van der Waals surface area contributed by atoms with E-state index in [9.17, 15) is 0 Å². The Morgan fingerprint density at radius 1 is 1.31 bits per heavy atom. The predicted molar refractivity (Wildman–Crippen MR) is 71.9 cm³/mol. The summed E-state index contributed by atoms with van der Waals surface area (Å²) >= 11 is 3.46. The number of hydrogen-bond donors (Lipinski definition) is 1. The van der Waals surface area contributed by atoms with Gasteiger partial charge in [0.05, 0.1) is 0 Å². The van der Waals surface area contributed by atoms with E-state index in [4.69, 9.17) is 4.74 Å². The van der Waals surface area contributed by atoms with Gasteiger partial charge in [-0.3, -0.25) is 0 Å². The average molecular weight is 286 g/mol. The first-order valence-electron chi connectivity index (χ1n) is 5.73. The lowest BCUT2D eigenvalue weighted by atomic mass is 9.96. The molecule has 1 aromatic carbocycles. The maximum absolute atomic E-state index is 5.16. The quantitative estimate of drug-likeness (QED) is 0.831. The van der Waals surface area contributed by atoms with Gasteiger partial charge in [0.1, 0.15) is 0 Å². The van der Waals surface area contributed by atoms with Crippen LogP contribution in [0.1, 0.15) is 24.8 Å². The molecule has 0 aliphatic carbocycles. The van der Waals surface area contributed by atoms with E-state index < -0.39 is 0 Å². The highest BCUT2D eigenvalue weighted by atomic mass is 79.9. The minimum Gasteiger partial charge on any atom is -0.385 e. The molecule has 0 saturated heterocycles. The maximum Gasteiger partial charge on any atom is 0.0468 e. The molecule has 0 bridgehead atoms. The van der Waals surface area contributed by atoms with Crippen molar-refractivity contribution in [2.45, 2.75) is 19.3 Å². The molecule has 0 aliphatic rings. The Kier molecular flexibility index (Phi) is 6.69. The standard InChI is InChI=1S/C13H20BrNO/c1-3-15-10-12(8-9-16-2)11-4-6-13(14)7-5-11/h4-7,12,15H,3,8-10H2,1-2H3. The molecule has 1 aromatic rings. The van der Waals surface area contributed by atoms with Gasteiger partial charge >= 0.3 is 0 Å². The molecule has 3 heteroatoms. The summed E-state index contributed by atoms with van der Waals surface area (Å²) in [5.74, 6) is 0.535. The van der Waals surface area contributed by atoms with Gasteiger partial charge in [0, 0.05) is 24.7 Å². The highest BCUT2D eigenvalue weighted by Gasteiger charge is 2.10. The van der Waals surface area contributed by atoms with Crippen LogP contribution in [0.5, 0.6) is 0 Å². The number of rotatable bonds is 7. The summed E-state index contributed by atoms with van der Waals surface area (Å²) in [5.41, 5.74) is 1.38. The second-order valence-electron chi connectivity index (χ2n) is 3.84. The second-order valence-corrected chi connectivity index (χ2v) is 4.75. The fourth-order valence-corrected chi connectivity index (χ4v) is 1.96. The zero-order chi connectivity index (χ0) is 11.8. The van der Waals surface area contributed by atoms with Crippen molar-refractivity contribution in [2.75, 3.05) is 26.8 Å². The first-order valence-corrected chi connectivity index (χ1v) is 6.52. The Hall–Kier alpha value is -0.380. The van der Waals surface area contributed by atoms with Crippen LogP contribution >= 0.6 is 15.9 Å². The summed E-state index contributed by atoms with van der Waals surface area (Å²) in [6.45, 7) is 4.97. The van der Waals surface area contributed by atoms with Gasteiger partial charge in [-0.2, -0.15) is 0 Å². The van der Waals surface area contributed by atoms with E-state index in [2.05, 4.69) is 52.4 Å². The van der Waals surface area contributed by atoms with Crippen LogP contribution in [0.15, 0.2) is 28.7 Å². The molecule has 0 aliphatic heterocycles. The van der Waals surface area contributed by atoms with E-state index >= 15 is 0 Å². The molecular formula is C13H20BrNO. The topological polar surface area (TPSA) is 21.3 Å². The number of halogens is 1. The van der Waals surface area contributed by atoms with Gasteiger partial charge in [-0.25, -0.2) is 0 Å². The van der Waals surface area contributed by atoms with Crippen molar-refractivity contribution in [1.29, 1.82) is 0 Å². The minimum absolute atomic E-state index is 0.535. The third kappa shape index (κ3) is 4.64. The lowest BCUT2D eigenvalue weighted by molar-refractivity contribution is 0.187. The monoisotopic (exact) mass is 285 g/mol. The molecule has 0 heterocycles. The number of benzene rings is 1. The molecule has 0 aromatic heterocycles. The van der Waals surface area contributed by atoms with E-state index in [1.54, 1.807) is 7.11 Å². The molecule has 0 amide bonds. The van der Waals surface area contributed by atoms with Crippen LogP contribution in [0.3, 0.4) is 0 Å². The normalized spacial score (nSPS) is 12.7. The molecule has 1 N–H and O–H groups in total. The lowest BCUT2D eigenvalue weighted by Crippen LogP contribution is -2.22. The fourth-order valence-electron chi connectivity index (χ4n) is 1.70. The first kappa shape index (κ1) is 13.7. The molecule has 90 valence electrons. The number of likely N-dealkylation sites (N-methyl/N-ethyl adjacent to an activating group) is 1. The average Bonchev–Trinajstić information content (AvgIpc) is 2.31. The third-order valence-electron chi connectivity index (χ3n) is 2.65. The summed E-state index contributed by atoms with van der Waals surface area (Å²) in [6.07, 6.45) is 1.06. The molecule has 1 unspecified atom stereocenters. The van der Waals surface area contributed by atoms with Crippen LogP contribution in [-0.2, 0) is 4.74 Å². The largest absolute Gasteiger partial charge is 0.385 e. The Balaban J connectivity index is 2.62. The molecule has 1 rings (SSSR count). The summed E-state index contributed by atoms with van der Waals surface area (Å²) in [7, 11) is 1.76. The Labute approximate surface area is 107 Å². The van der Waals surface area contributed by atoms with Crippen LogP contribution < -0.4 is 5.32 Å². The Morgan fingerprint density at radius 3 is 2.56 bits per heavy atom. The van der Waals surface area contributed by atoms with Crippen molar-refractivity contribution in [1.82, 2.24) is 5.32 Å². The molecule has 0 fully saturated rings. The molecule has 2 nitrogen and oxygen atoms in total. The first-order chi connectivity index (χ1) is 7.77. The van der Waals surface area contributed by atoms with E-state index in [0.717, 1.165) is 30.6 Å². The van der Waals surface area contributed by atoms with Crippen LogP contribution in [0.25, 0.3) is 0 Å². The van der Waals surface area contributed by atoms with Gasteiger partial charge in [-0.1, -0.05) is 35.0 Å². The van der Waals surface area contributed by atoms with Gasteiger partial charge in [0.25, 0.3) is 0 Å². The molecular weight excluding hydrogens is 266 g/mol. The number of methoxy groups -OCH3 is 1. The molecule has 0 spiro atoms. The van der Waals surface area contributed by atoms with Gasteiger partial charge in [0.2, 0.25) is 0 Å². The summed E-state index contributed by atoms with van der Waals surface area (Å²) in [4.78, 5) is 0. The fraction of sp³-hybridized carbons (Fsp3) is 0.538. The van der Waals surface area contributed by atoms with Crippen LogP contribution in [0, 0.1) is 0 Å². The molecule has 0 radical (unpaired) electrons. The van der Waals surface area contributed by atoms with Gasteiger partial charge in [0.15, 0.2) is 0 Å². The van der Waals surface area contributed by atoms with E-state index in [-0.39, 0.29) is 0 Å². The number of hydrogen-bond acceptors (Lipinski definition) is 2. The highest BCUT2D eigenvalue weighted by Crippen LogP contribution is 2.21. The van der Waals surface area contributed by atoms with E-state index in [1.807, 2.05) is 0 Å². The van der Waals surface area contributed by atoms with Crippen LogP contribution in [0.2, 0.25) is 0 Å². The Bertz CT molecular complexity index is 278. The number of ether oxygens (including phenoxy) is 1. The third-order valence-corrected chi connectivity index (χ3v) is 3.18. The van der Waals surface area contributed by atoms with Gasteiger partial charge < -0.3 is 10.1 Å². The minimum atomic E-state index is 0.535. The summed E-state index contributed by atoms with van der Waals surface area (Å²) in [6, 6.07) is 8.56. The number of nitrogens with one attached hydrogen (secondary N) is 1. The van der Waals surface area contributed by atoms with Crippen molar-refractivity contribution in [3.63, 3.8) is 0 Å². The molecule has 16 heavy (non-hydrogen) atoms. The molecule has 1 atom stereocenters. The zero-order valence-corrected chi connectivity index (χ0v) is 11.6. The zero-order valence-electron chi connectivity index (χ0n) is 10.0. The van der Waals surface area contributed by atoms with Crippen LogP contribution in [0.4, 0.5) is 0 Å². The van der Waals surface area contributed by atoms with Gasteiger partial charge in [-0.05, 0) is 36.6 Å². The summed E-state index contributed by atoms with van der Waals surface area (Å²) in [5, 5.41) is 3.40. The van der Waals surface area contributed by atoms with Crippen LogP contribution in [-0.4, -0.2) is 26.8 Å². The predicted octanol–water partition coefficient (Wildman–Crippen LogP) is 3.18. The van der Waals surface area contributed by atoms with Crippen molar-refractivity contribution in [3.05, 3.63) is 34.3 Å². The van der Waals surface area contributed by atoms with Crippen molar-refractivity contribution in [2.24, 2.45) is 0 Å². The van der Waals surface area contributed by atoms with Crippen molar-refractivity contribution in [3.8, 4) is 0 Å².